The van der Waals surface area contributed by atoms with Gasteiger partial charge in [-0.3, -0.25) is 0 Å². The highest BCUT2D eigenvalue weighted by atomic mass is 79.9. The van der Waals surface area contributed by atoms with Crippen LogP contribution in [0.5, 0.6) is 0 Å². The monoisotopic (exact) mass is 340 g/mol. The number of anilines is 3. The molecule has 0 amide bonds. The van der Waals surface area contributed by atoms with Crippen molar-refractivity contribution >= 4 is 45.0 Å². The van der Waals surface area contributed by atoms with Crippen LogP contribution >= 0.6 is 27.5 Å². The summed E-state index contributed by atoms with van der Waals surface area (Å²) in [6.07, 6.45) is 1.77. The molecule has 1 aromatic heterocycles. The third kappa shape index (κ3) is 3.16. The van der Waals surface area contributed by atoms with Gasteiger partial charge in [-0.1, -0.05) is 11.6 Å². The smallest absolute Gasteiger partial charge is 0.224 e. The average molecular weight is 342 g/mol. The Balaban J connectivity index is 2.38. The van der Waals surface area contributed by atoms with Crippen molar-refractivity contribution in [3.8, 4) is 0 Å². The molecule has 6 heteroatoms. The molecule has 0 fully saturated rings. The molecule has 0 spiro atoms. The molecule has 2 rings (SSSR count). The van der Waals surface area contributed by atoms with E-state index >= 15 is 0 Å². The number of hydrogen-bond donors (Lipinski definition) is 2. The van der Waals surface area contributed by atoms with Gasteiger partial charge < -0.3 is 10.6 Å². The summed E-state index contributed by atoms with van der Waals surface area (Å²) in [4.78, 5) is 8.54. The van der Waals surface area contributed by atoms with Crippen LogP contribution in [0.3, 0.4) is 0 Å². The minimum absolute atomic E-state index is 0.572. The summed E-state index contributed by atoms with van der Waals surface area (Å²) >= 11 is 9.66. The van der Waals surface area contributed by atoms with Crippen molar-refractivity contribution in [2.24, 2.45) is 0 Å². The highest BCUT2D eigenvalue weighted by molar-refractivity contribution is 9.10. The minimum atomic E-state index is 0.572. The lowest BCUT2D eigenvalue weighted by atomic mass is 10.2. The van der Waals surface area contributed by atoms with Gasteiger partial charge in [-0.15, -0.1) is 0 Å². The first kappa shape index (κ1) is 14.1. The van der Waals surface area contributed by atoms with Gasteiger partial charge >= 0.3 is 0 Å². The van der Waals surface area contributed by atoms with E-state index in [1.165, 1.54) is 0 Å². The standard InChI is InChI=1S/C13H14BrClN4/c1-7-4-9(14)11(5-10(7)15)18-12-8(2)6-17-13(16-3)19-12/h4-6H,1-3H3,(H2,16,17,18,19). The summed E-state index contributed by atoms with van der Waals surface area (Å²) in [6.45, 7) is 3.91. The van der Waals surface area contributed by atoms with Crippen LogP contribution < -0.4 is 10.6 Å². The molecule has 0 bridgehead atoms. The van der Waals surface area contributed by atoms with Gasteiger partial charge in [0.25, 0.3) is 0 Å². The second kappa shape index (κ2) is 5.75. The van der Waals surface area contributed by atoms with Crippen LogP contribution in [0.15, 0.2) is 22.8 Å². The highest BCUT2D eigenvalue weighted by Gasteiger charge is 2.08. The summed E-state index contributed by atoms with van der Waals surface area (Å²) in [5.74, 6) is 1.32. The average Bonchev–Trinajstić information content (AvgIpc) is 2.38. The topological polar surface area (TPSA) is 49.8 Å². The van der Waals surface area contributed by atoms with Crippen LogP contribution in [0, 0.1) is 13.8 Å². The Morgan fingerprint density at radius 1 is 1.21 bits per heavy atom. The fourth-order valence-corrected chi connectivity index (χ4v) is 2.28. The molecule has 1 heterocycles. The lowest BCUT2D eigenvalue weighted by Gasteiger charge is -2.12. The lowest BCUT2D eigenvalue weighted by molar-refractivity contribution is 1.12. The molecule has 0 radical (unpaired) electrons. The number of nitrogens with one attached hydrogen (secondary N) is 2. The zero-order chi connectivity index (χ0) is 14.0. The molecule has 0 unspecified atom stereocenters. The maximum atomic E-state index is 6.14. The van der Waals surface area contributed by atoms with Gasteiger partial charge in [-0.2, -0.15) is 4.98 Å². The maximum Gasteiger partial charge on any atom is 0.224 e. The van der Waals surface area contributed by atoms with E-state index in [0.29, 0.717) is 11.0 Å². The summed E-state index contributed by atoms with van der Waals surface area (Å²) < 4.78 is 0.943. The first-order valence-electron chi connectivity index (χ1n) is 5.75. The normalized spacial score (nSPS) is 10.4. The predicted molar refractivity (Wildman–Crippen MR) is 83.5 cm³/mol. The Morgan fingerprint density at radius 2 is 1.95 bits per heavy atom. The summed E-state index contributed by atoms with van der Waals surface area (Å²) in [7, 11) is 1.78. The molecule has 19 heavy (non-hydrogen) atoms. The van der Waals surface area contributed by atoms with Crippen LogP contribution in [-0.4, -0.2) is 17.0 Å². The molecule has 100 valence electrons. The number of nitrogens with zero attached hydrogens (tertiary/aromatic N) is 2. The van der Waals surface area contributed by atoms with E-state index in [2.05, 4.69) is 36.5 Å². The molecule has 4 nitrogen and oxygen atoms in total. The van der Waals surface area contributed by atoms with Crippen molar-refractivity contribution < 1.29 is 0 Å². The second-order valence-electron chi connectivity index (χ2n) is 4.18. The van der Waals surface area contributed by atoms with E-state index in [4.69, 9.17) is 11.6 Å². The van der Waals surface area contributed by atoms with Crippen molar-refractivity contribution in [2.75, 3.05) is 17.7 Å². The number of hydrogen-bond acceptors (Lipinski definition) is 4. The largest absolute Gasteiger partial charge is 0.357 e. The van der Waals surface area contributed by atoms with Crippen LogP contribution in [0.1, 0.15) is 11.1 Å². The molecular weight excluding hydrogens is 328 g/mol. The predicted octanol–water partition coefficient (Wildman–Crippen LogP) is 4.29. The van der Waals surface area contributed by atoms with Gasteiger partial charge in [-0.05, 0) is 47.5 Å². The Morgan fingerprint density at radius 3 is 2.63 bits per heavy atom. The van der Waals surface area contributed by atoms with Crippen molar-refractivity contribution in [2.45, 2.75) is 13.8 Å². The van der Waals surface area contributed by atoms with Gasteiger partial charge in [0.2, 0.25) is 5.95 Å². The lowest BCUT2D eigenvalue weighted by Crippen LogP contribution is -2.03. The molecule has 0 atom stereocenters. The minimum Gasteiger partial charge on any atom is -0.357 e. The molecule has 0 saturated heterocycles. The SMILES string of the molecule is CNc1ncc(C)c(Nc2cc(Cl)c(C)cc2Br)n1. The van der Waals surface area contributed by atoms with Crippen LogP contribution in [0.4, 0.5) is 17.5 Å². The third-order valence-electron chi connectivity index (χ3n) is 2.70. The molecule has 0 saturated carbocycles. The van der Waals surface area contributed by atoms with Gasteiger partial charge in [0.15, 0.2) is 0 Å². The Labute approximate surface area is 125 Å². The Hall–Kier alpha value is -1.33. The number of aryl methyl sites for hydroxylation is 2. The van der Waals surface area contributed by atoms with Gasteiger partial charge in [-0.25, -0.2) is 4.98 Å². The Bertz CT molecular complexity index is 616. The van der Waals surface area contributed by atoms with Crippen LogP contribution in [-0.2, 0) is 0 Å². The first-order valence-corrected chi connectivity index (χ1v) is 6.92. The van der Waals surface area contributed by atoms with E-state index in [-0.39, 0.29) is 0 Å². The van der Waals surface area contributed by atoms with E-state index in [9.17, 15) is 0 Å². The maximum absolute atomic E-state index is 6.14. The Kier molecular flexibility index (Phi) is 4.27. The molecule has 0 aliphatic carbocycles. The van der Waals surface area contributed by atoms with E-state index in [1.54, 1.807) is 13.2 Å². The van der Waals surface area contributed by atoms with Crippen molar-refractivity contribution in [3.63, 3.8) is 0 Å². The zero-order valence-corrected chi connectivity index (χ0v) is 13.2. The van der Waals surface area contributed by atoms with Gasteiger partial charge in [0.1, 0.15) is 5.82 Å². The fourth-order valence-electron chi connectivity index (χ4n) is 1.56. The number of benzene rings is 1. The molecule has 2 aromatic rings. The summed E-state index contributed by atoms with van der Waals surface area (Å²) in [5, 5.41) is 6.89. The highest BCUT2D eigenvalue weighted by Crippen LogP contribution is 2.31. The molecule has 0 aliphatic heterocycles. The molecule has 1 aromatic carbocycles. The van der Waals surface area contributed by atoms with Crippen LogP contribution in [0.2, 0.25) is 5.02 Å². The van der Waals surface area contributed by atoms with Gasteiger partial charge in [0.05, 0.1) is 5.69 Å². The number of halogens is 2. The van der Waals surface area contributed by atoms with E-state index < -0.39 is 0 Å². The summed E-state index contributed by atoms with van der Waals surface area (Å²) in [6, 6.07) is 3.85. The van der Waals surface area contributed by atoms with Crippen molar-refractivity contribution in [1.29, 1.82) is 0 Å². The quantitative estimate of drug-likeness (QED) is 0.874. The molecule has 0 aliphatic rings. The third-order valence-corrected chi connectivity index (χ3v) is 3.76. The van der Waals surface area contributed by atoms with Crippen molar-refractivity contribution in [3.05, 3.63) is 39.0 Å². The van der Waals surface area contributed by atoms with E-state index in [0.717, 1.165) is 27.1 Å². The van der Waals surface area contributed by atoms with Gasteiger partial charge in [0, 0.05) is 28.3 Å². The van der Waals surface area contributed by atoms with E-state index in [1.807, 2.05) is 26.0 Å². The molecular formula is C13H14BrClN4. The summed E-state index contributed by atoms with van der Waals surface area (Å²) in [5.41, 5.74) is 2.86. The molecule has 2 N–H and O–H groups in total. The fraction of sp³-hybridized carbons (Fsp3) is 0.231. The zero-order valence-electron chi connectivity index (χ0n) is 10.9. The number of rotatable bonds is 3. The van der Waals surface area contributed by atoms with Crippen molar-refractivity contribution in [1.82, 2.24) is 9.97 Å². The van der Waals surface area contributed by atoms with Crippen LogP contribution in [0.25, 0.3) is 0 Å². The number of aromatic nitrogens is 2. The second-order valence-corrected chi connectivity index (χ2v) is 5.44. The first-order chi connectivity index (χ1) is 9.01.